The minimum atomic E-state index is -0.360. The van der Waals surface area contributed by atoms with Crippen molar-refractivity contribution in [1.82, 2.24) is 9.47 Å². The summed E-state index contributed by atoms with van der Waals surface area (Å²) in [5, 5.41) is 13.8. The Morgan fingerprint density at radius 3 is 2.50 bits per heavy atom. The number of hydrogen-bond acceptors (Lipinski definition) is 6. The number of carbonyl (C=O) groups excluding carboxylic acids is 1. The summed E-state index contributed by atoms with van der Waals surface area (Å²) in [6, 6.07) is 19.5. The van der Waals surface area contributed by atoms with E-state index in [0.717, 1.165) is 11.1 Å². The molecule has 0 saturated carbocycles. The van der Waals surface area contributed by atoms with Crippen molar-refractivity contribution < 1.29 is 4.79 Å². The lowest BCUT2D eigenvalue weighted by atomic mass is 10.0. The number of anilines is 1. The Hall–Kier alpha value is -3.38. The van der Waals surface area contributed by atoms with Crippen molar-refractivity contribution in [2.45, 2.75) is 39.8 Å². The summed E-state index contributed by atoms with van der Waals surface area (Å²) in [6.45, 7) is 4.96. The van der Waals surface area contributed by atoms with Gasteiger partial charge in [0, 0.05) is 30.2 Å². The zero-order valence-electron chi connectivity index (χ0n) is 21.2. The molecular formula is C29H27ClN4O2S2. The van der Waals surface area contributed by atoms with Crippen LogP contribution in [0.15, 0.2) is 64.3 Å². The van der Waals surface area contributed by atoms with E-state index in [2.05, 4.69) is 11.4 Å². The van der Waals surface area contributed by atoms with E-state index >= 15 is 0 Å². The summed E-state index contributed by atoms with van der Waals surface area (Å²) in [4.78, 5) is 28.7. The summed E-state index contributed by atoms with van der Waals surface area (Å²) < 4.78 is 2.06. The molecule has 0 spiro atoms. The first-order chi connectivity index (χ1) is 18.3. The Balaban J connectivity index is 1.73. The second-order valence-corrected chi connectivity index (χ2v) is 10.9. The molecule has 1 aliphatic rings. The molecule has 2 heterocycles. The maximum absolute atomic E-state index is 13.4. The highest BCUT2D eigenvalue weighted by atomic mass is 35.5. The first-order valence-electron chi connectivity index (χ1n) is 12.3. The monoisotopic (exact) mass is 562 g/mol. The molecule has 3 aromatic rings. The first kappa shape index (κ1) is 27.6. The minimum absolute atomic E-state index is 0.0625. The van der Waals surface area contributed by atoms with Crippen LogP contribution in [0.4, 0.5) is 5.82 Å². The number of nitriles is 1. The van der Waals surface area contributed by atoms with E-state index in [4.69, 9.17) is 23.8 Å². The van der Waals surface area contributed by atoms with Crippen molar-refractivity contribution in [3.05, 3.63) is 103 Å². The van der Waals surface area contributed by atoms with Crippen molar-refractivity contribution in [2.24, 2.45) is 0 Å². The highest BCUT2D eigenvalue weighted by Gasteiger charge is 2.32. The van der Waals surface area contributed by atoms with Crippen LogP contribution in [0.3, 0.4) is 0 Å². The number of pyridine rings is 1. The number of carbonyl (C=O) groups is 1. The summed E-state index contributed by atoms with van der Waals surface area (Å²) in [7, 11) is 0. The minimum Gasteiger partial charge on any atom is -0.367 e. The topological polar surface area (TPSA) is 78.1 Å². The molecular weight excluding hydrogens is 536 g/mol. The fraction of sp³-hybridized carbons (Fsp3) is 0.241. The van der Waals surface area contributed by atoms with Gasteiger partial charge in [-0.25, -0.2) is 0 Å². The third-order valence-electron chi connectivity index (χ3n) is 6.34. The van der Waals surface area contributed by atoms with Crippen LogP contribution >= 0.6 is 35.6 Å². The molecule has 1 aliphatic heterocycles. The van der Waals surface area contributed by atoms with Crippen molar-refractivity contribution in [1.29, 1.82) is 5.26 Å². The average Bonchev–Trinajstić information content (AvgIpc) is 3.18. The molecule has 9 heteroatoms. The van der Waals surface area contributed by atoms with Gasteiger partial charge in [0.1, 0.15) is 21.8 Å². The highest BCUT2D eigenvalue weighted by molar-refractivity contribution is 8.26. The number of benzene rings is 2. The van der Waals surface area contributed by atoms with Gasteiger partial charge in [0.25, 0.3) is 11.5 Å². The number of aromatic nitrogens is 1. The van der Waals surface area contributed by atoms with E-state index in [-0.39, 0.29) is 17.0 Å². The number of rotatable bonds is 9. The number of amides is 1. The van der Waals surface area contributed by atoms with Crippen LogP contribution in [0.5, 0.6) is 0 Å². The third-order valence-corrected chi connectivity index (χ3v) is 8.09. The standard InChI is InChI=1S/C29H27ClN4O2S2/c1-3-14-33-26(32-18-21-11-7-8-12-24(21)30)22(19(2)23(17-31)27(33)35)16-25-28(36)34(29(37)38-25)15-13-20-9-5-4-6-10-20/h4-12,16,32H,3,13-15,18H2,1-2H3/b25-16+. The van der Waals surface area contributed by atoms with Crippen LogP contribution in [0.25, 0.3) is 6.08 Å². The van der Waals surface area contributed by atoms with Crippen LogP contribution in [0.2, 0.25) is 5.02 Å². The van der Waals surface area contributed by atoms with Gasteiger partial charge in [-0.3, -0.25) is 19.1 Å². The summed E-state index contributed by atoms with van der Waals surface area (Å²) in [5.41, 5.74) is 2.82. The quantitative estimate of drug-likeness (QED) is 0.249. The molecule has 1 saturated heterocycles. The van der Waals surface area contributed by atoms with Crippen molar-refractivity contribution in [3.63, 3.8) is 0 Å². The van der Waals surface area contributed by atoms with Gasteiger partial charge in [0.15, 0.2) is 0 Å². The number of halogens is 1. The summed E-state index contributed by atoms with van der Waals surface area (Å²) in [6.07, 6.45) is 3.12. The molecule has 38 heavy (non-hydrogen) atoms. The SMILES string of the molecule is CCCn1c(NCc2ccccc2Cl)c(/C=C2/SC(=S)N(CCc3ccccc3)C2=O)c(C)c(C#N)c1=O. The predicted octanol–water partition coefficient (Wildman–Crippen LogP) is 6.15. The van der Waals surface area contributed by atoms with E-state index < -0.39 is 0 Å². The molecule has 1 aromatic heterocycles. The predicted molar refractivity (Wildman–Crippen MR) is 159 cm³/mol. The maximum Gasteiger partial charge on any atom is 0.270 e. The average molecular weight is 563 g/mol. The van der Waals surface area contributed by atoms with E-state index in [1.807, 2.05) is 61.5 Å². The third kappa shape index (κ3) is 5.86. The number of nitrogens with zero attached hydrogens (tertiary/aromatic N) is 3. The Labute approximate surface area is 236 Å². The van der Waals surface area contributed by atoms with Gasteiger partial charge < -0.3 is 5.32 Å². The van der Waals surface area contributed by atoms with Crippen LogP contribution in [-0.4, -0.2) is 26.2 Å². The number of hydrogen-bond donors (Lipinski definition) is 1. The van der Waals surface area contributed by atoms with Gasteiger partial charge in [0.05, 0.1) is 4.91 Å². The van der Waals surface area contributed by atoms with Crippen LogP contribution in [0, 0.1) is 18.3 Å². The summed E-state index contributed by atoms with van der Waals surface area (Å²) >= 11 is 13.2. The molecule has 0 atom stereocenters. The fourth-order valence-corrected chi connectivity index (χ4v) is 5.81. The Morgan fingerprint density at radius 1 is 1.11 bits per heavy atom. The van der Waals surface area contributed by atoms with Gasteiger partial charge >= 0.3 is 0 Å². The van der Waals surface area contributed by atoms with Crippen molar-refractivity contribution in [2.75, 3.05) is 11.9 Å². The van der Waals surface area contributed by atoms with Gasteiger partial charge in [-0.1, -0.05) is 91.0 Å². The van der Waals surface area contributed by atoms with E-state index in [9.17, 15) is 14.9 Å². The number of nitrogens with one attached hydrogen (secondary N) is 1. The highest BCUT2D eigenvalue weighted by Crippen LogP contribution is 2.35. The molecule has 0 bridgehead atoms. The first-order valence-corrected chi connectivity index (χ1v) is 13.9. The normalized spacial score (nSPS) is 14.3. The van der Waals surface area contributed by atoms with Crippen LogP contribution in [0.1, 0.15) is 41.2 Å². The molecule has 2 aromatic carbocycles. The molecule has 194 valence electrons. The van der Waals surface area contributed by atoms with Gasteiger partial charge in [-0.15, -0.1) is 0 Å². The van der Waals surface area contributed by atoms with Gasteiger partial charge in [-0.05, 0) is 48.6 Å². The molecule has 4 rings (SSSR count). The molecule has 0 aliphatic carbocycles. The Kier molecular flexibility index (Phi) is 9.05. The second-order valence-electron chi connectivity index (χ2n) is 8.84. The molecule has 6 nitrogen and oxygen atoms in total. The smallest absolute Gasteiger partial charge is 0.270 e. The molecule has 0 unspecified atom stereocenters. The Bertz CT molecular complexity index is 1510. The fourth-order valence-electron chi connectivity index (χ4n) is 4.32. The zero-order chi connectivity index (χ0) is 27.2. The van der Waals surface area contributed by atoms with Crippen molar-refractivity contribution in [3.8, 4) is 6.07 Å². The zero-order valence-corrected chi connectivity index (χ0v) is 23.6. The maximum atomic E-state index is 13.4. The van der Waals surface area contributed by atoms with Gasteiger partial charge in [-0.2, -0.15) is 5.26 Å². The molecule has 0 radical (unpaired) electrons. The number of thiocarbonyl (C=S) groups is 1. The molecule has 1 amide bonds. The van der Waals surface area contributed by atoms with Crippen molar-refractivity contribution >= 4 is 57.7 Å². The summed E-state index contributed by atoms with van der Waals surface area (Å²) in [5.74, 6) is 0.363. The van der Waals surface area contributed by atoms with E-state index in [1.54, 1.807) is 22.5 Å². The largest absolute Gasteiger partial charge is 0.367 e. The second kappa shape index (κ2) is 12.4. The lowest BCUT2D eigenvalue weighted by Gasteiger charge is -2.20. The van der Waals surface area contributed by atoms with Crippen LogP contribution < -0.4 is 10.9 Å². The van der Waals surface area contributed by atoms with E-state index in [1.165, 1.54) is 11.8 Å². The van der Waals surface area contributed by atoms with Crippen LogP contribution in [-0.2, 0) is 24.3 Å². The molecule has 1 N–H and O–H groups in total. The number of thioether (sulfide) groups is 1. The lowest BCUT2D eigenvalue weighted by Crippen LogP contribution is -2.30. The Morgan fingerprint density at radius 2 is 1.82 bits per heavy atom. The van der Waals surface area contributed by atoms with E-state index in [0.29, 0.717) is 63.7 Å². The lowest BCUT2D eigenvalue weighted by molar-refractivity contribution is -0.122. The molecule has 1 fully saturated rings. The van der Waals surface area contributed by atoms with Gasteiger partial charge in [0.2, 0.25) is 0 Å².